The highest BCUT2D eigenvalue weighted by molar-refractivity contribution is 14.2. The quantitative estimate of drug-likeness (QED) is 0.416. The Kier molecular flexibility index (Phi) is 5.15. The number of hydrogen-bond acceptors (Lipinski definition) is 0. The predicted molar refractivity (Wildman–Crippen MR) is 74.9 cm³/mol. The van der Waals surface area contributed by atoms with E-state index in [1.165, 1.54) is 11.1 Å². The first-order valence-electron chi connectivity index (χ1n) is 3.28. The number of alkyl halides is 3. The van der Waals surface area contributed by atoms with Crippen molar-refractivity contribution in [3.63, 3.8) is 0 Å². The van der Waals surface area contributed by atoms with Crippen LogP contribution in [0, 0.1) is 0 Å². The SMILES string of the molecule is Clc1cccc(CBr)c1C(I)I. The molecule has 0 aliphatic carbocycles. The molecule has 0 spiro atoms. The Balaban J connectivity index is 3.20. The van der Waals surface area contributed by atoms with Crippen LogP contribution in [-0.2, 0) is 5.33 Å². The second-order valence-corrected chi connectivity index (χ2v) is 8.09. The van der Waals surface area contributed by atoms with E-state index in [4.69, 9.17) is 11.6 Å². The van der Waals surface area contributed by atoms with E-state index < -0.39 is 0 Å². The minimum atomic E-state index is 0.432. The third kappa shape index (κ3) is 2.72. The van der Waals surface area contributed by atoms with Gasteiger partial charge in [-0.2, -0.15) is 0 Å². The largest absolute Gasteiger partial charge is 0.0892 e. The van der Waals surface area contributed by atoms with Crippen molar-refractivity contribution in [3.8, 4) is 0 Å². The zero-order valence-electron chi connectivity index (χ0n) is 6.03. The molecule has 0 aliphatic heterocycles. The van der Waals surface area contributed by atoms with Gasteiger partial charge in [0.05, 0.1) is 1.93 Å². The summed E-state index contributed by atoms with van der Waals surface area (Å²) in [7, 11) is 0. The number of halogens is 4. The van der Waals surface area contributed by atoms with E-state index >= 15 is 0 Å². The lowest BCUT2D eigenvalue weighted by atomic mass is 10.1. The lowest BCUT2D eigenvalue weighted by molar-refractivity contribution is 1.31. The Hall–Kier alpha value is 1.45. The molecule has 0 heterocycles. The van der Waals surface area contributed by atoms with Gasteiger partial charge in [0.1, 0.15) is 0 Å². The highest BCUT2D eigenvalue weighted by Gasteiger charge is 2.11. The summed E-state index contributed by atoms with van der Waals surface area (Å²) >= 11 is 14.2. The Morgan fingerprint density at radius 1 is 1.42 bits per heavy atom. The van der Waals surface area contributed by atoms with Crippen molar-refractivity contribution < 1.29 is 0 Å². The van der Waals surface area contributed by atoms with Crippen molar-refractivity contribution in [3.05, 3.63) is 34.3 Å². The summed E-state index contributed by atoms with van der Waals surface area (Å²) in [5.41, 5.74) is 2.51. The highest BCUT2D eigenvalue weighted by atomic mass is 127. The van der Waals surface area contributed by atoms with Gasteiger partial charge in [0.15, 0.2) is 0 Å². The van der Waals surface area contributed by atoms with E-state index in [1.54, 1.807) is 0 Å². The molecule has 0 N–H and O–H groups in total. The molecule has 0 amide bonds. The maximum absolute atomic E-state index is 6.07. The second-order valence-electron chi connectivity index (χ2n) is 2.25. The van der Waals surface area contributed by atoms with E-state index in [0.717, 1.165) is 10.4 Å². The minimum Gasteiger partial charge on any atom is -0.0876 e. The van der Waals surface area contributed by atoms with E-state index in [0.29, 0.717) is 1.93 Å². The first kappa shape index (κ1) is 11.5. The van der Waals surface area contributed by atoms with Crippen molar-refractivity contribution in [1.29, 1.82) is 0 Å². The molecular formula is C8H6BrClI2. The lowest BCUT2D eigenvalue weighted by Crippen LogP contribution is -1.90. The van der Waals surface area contributed by atoms with Crippen molar-refractivity contribution in [1.82, 2.24) is 0 Å². The van der Waals surface area contributed by atoms with Gasteiger partial charge >= 0.3 is 0 Å². The summed E-state index contributed by atoms with van der Waals surface area (Å²) < 4.78 is 0.432. The van der Waals surface area contributed by atoms with Crippen molar-refractivity contribution in [2.24, 2.45) is 0 Å². The molecule has 0 bridgehead atoms. The molecule has 0 fully saturated rings. The summed E-state index contributed by atoms with van der Waals surface area (Å²) in [4.78, 5) is 0. The van der Waals surface area contributed by atoms with Gasteiger partial charge in [0, 0.05) is 10.4 Å². The first-order chi connectivity index (χ1) is 5.66. The van der Waals surface area contributed by atoms with Gasteiger partial charge in [-0.15, -0.1) is 0 Å². The third-order valence-electron chi connectivity index (χ3n) is 1.51. The Bertz CT molecular complexity index is 276. The van der Waals surface area contributed by atoms with Crippen LogP contribution in [0.1, 0.15) is 13.1 Å². The Morgan fingerprint density at radius 2 is 2.08 bits per heavy atom. The van der Waals surface area contributed by atoms with Gasteiger partial charge in [-0.1, -0.05) is 84.8 Å². The third-order valence-corrected chi connectivity index (χ3v) is 3.68. The van der Waals surface area contributed by atoms with Gasteiger partial charge in [0.2, 0.25) is 0 Å². The molecule has 0 aliphatic rings. The van der Waals surface area contributed by atoms with E-state index in [-0.39, 0.29) is 0 Å². The van der Waals surface area contributed by atoms with Gasteiger partial charge in [0.25, 0.3) is 0 Å². The average Bonchev–Trinajstić information content (AvgIpc) is 2.03. The number of benzene rings is 1. The average molecular weight is 471 g/mol. The zero-order chi connectivity index (χ0) is 9.14. The summed E-state index contributed by atoms with van der Waals surface area (Å²) in [5, 5.41) is 1.73. The summed E-state index contributed by atoms with van der Waals surface area (Å²) in [5.74, 6) is 0. The van der Waals surface area contributed by atoms with Crippen LogP contribution in [0.15, 0.2) is 18.2 Å². The fourth-order valence-corrected chi connectivity index (χ4v) is 3.57. The monoisotopic (exact) mass is 470 g/mol. The van der Waals surface area contributed by atoms with Crippen molar-refractivity contribution in [2.75, 3.05) is 0 Å². The Labute approximate surface area is 113 Å². The molecular weight excluding hydrogens is 465 g/mol. The predicted octanol–water partition coefficient (Wildman–Crippen LogP) is 5.10. The fourth-order valence-electron chi connectivity index (χ4n) is 0.943. The van der Waals surface area contributed by atoms with Crippen LogP contribution in [-0.4, -0.2) is 0 Å². The second kappa shape index (κ2) is 5.36. The Morgan fingerprint density at radius 3 is 2.50 bits per heavy atom. The van der Waals surface area contributed by atoms with Crippen LogP contribution < -0.4 is 0 Å². The molecule has 1 aromatic rings. The lowest BCUT2D eigenvalue weighted by Gasteiger charge is -2.09. The summed E-state index contributed by atoms with van der Waals surface area (Å²) in [6.45, 7) is 0. The molecule has 0 radical (unpaired) electrons. The molecule has 1 aromatic carbocycles. The van der Waals surface area contributed by atoms with Crippen LogP contribution in [0.5, 0.6) is 0 Å². The van der Waals surface area contributed by atoms with Crippen LogP contribution in [0.25, 0.3) is 0 Å². The first-order valence-corrected chi connectivity index (χ1v) is 7.27. The summed E-state index contributed by atoms with van der Waals surface area (Å²) in [6, 6.07) is 6.02. The topological polar surface area (TPSA) is 0 Å². The van der Waals surface area contributed by atoms with Crippen molar-refractivity contribution in [2.45, 2.75) is 7.26 Å². The fraction of sp³-hybridized carbons (Fsp3) is 0.250. The minimum absolute atomic E-state index is 0.432. The highest BCUT2D eigenvalue weighted by Crippen LogP contribution is 2.38. The molecule has 0 saturated carbocycles. The molecule has 0 atom stereocenters. The molecule has 12 heavy (non-hydrogen) atoms. The van der Waals surface area contributed by atoms with Crippen molar-refractivity contribution >= 4 is 72.7 Å². The number of hydrogen-bond donors (Lipinski definition) is 0. The van der Waals surface area contributed by atoms with Gasteiger partial charge in [-0.3, -0.25) is 0 Å². The van der Waals surface area contributed by atoms with Crippen LogP contribution in [0.3, 0.4) is 0 Å². The van der Waals surface area contributed by atoms with Gasteiger partial charge in [-0.25, -0.2) is 0 Å². The molecule has 66 valence electrons. The maximum atomic E-state index is 6.07. The standard InChI is InChI=1S/C8H6BrClI2/c9-4-5-2-1-3-6(10)7(5)8(11)12/h1-3,8H,4H2. The molecule has 1 rings (SSSR count). The van der Waals surface area contributed by atoms with Crippen LogP contribution in [0.2, 0.25) is 5.02 Å². The summed E-state index contributed by atoms with van der Waals surface area (Å²) in [6.07, 6.45) is 0. The van der Waals surface area contributed by atoms with Crippen LogP contribution >= 0.6 is 72.7 Å². The molecule has 0 saturated heterocycles. The van der Waals surface area contributed by atoms with Crippen LogP contribution in [0.4, 0.5) is 0 Å². The maximum Gasteiger partial charge on any atom is 0.0892 e. The van der Waals surface area contributed by atoms with E-state index in [2.05, 4.69) is 67.2 Å². The molecule has 0 aromatic heterocycles. The molecule has 4 heteroatoms. The normalized spacial score (nSPS) is 10.8. The number of rotatable bonds is 2. The van der Waals surface area contributed by atoms with E-state index in [9.17, 15) is 0 Å². The molecule has 0 nitrogen and oxygen atoms in total. The van der Waals surface area contributed by atoms with E-state index in [1.807, 2.05) is 12.1 Å². The molecule has 0 unspecified atom stereocenters. The van der Waals surface area contributed by atoms with Gasteiger partial charge in [-0.05, 0) is 17.2 Å². The smallest absolute Gasteiger partial charge is 0.0876 e. The zero-order valence-corrected chi connectivity index (χ0v) is 12.7. The van der Waals surface area contributed by atoms with Gasteiger partial charge < -0.3 is 0 Å².